The number of likely N-dealkylation sites (tertiary alicyclic amines) is 1. The molecule has 4 rings (SSSR count). The third kappa shape index (κ3) is 4.42. The average Bonchev–Trinajstić information content (AvgIpc) is 3.34. The van der Waals surface area contributed by atoms with Crippen molar-refractivity contribution in [1.82, 2.24) is 9.80 Å². The van der Waals surface area contributed by atoms with Crippen molar-refractivity contribution in [3.05, 3.63) is 59.1 Å². The van der Waals surface area contributed by atoms with Crippen molar-refractivity contribution in [1.29, 1.82) is 0 Å². The largest absolute Gasteiger partial charge is 0.507 e. The third-order valence-electron chi connectivity index (χ3n) is 5.75. The van der Waals surface area contributed by atoms with E-state index in [1.54, 1.807) is 43.3 Å². The molecule has 1 aromatic heterocycles. The zero-order chi connectivity index (χ0) is 22.7. The quantitative estimate of drug-likeness (QED) is 0.402. The summed E-state index contributed by atoms with van der Waals surface area (Å²) in [5.41, 5.74) is 0.440. The molecule has 170 valence electrons. The molecule has 1 N–H and O–H groups in total. The van der Waals surface area contributed by atoms with Crippen LogP contribution >= 0.6 is 0 Å². The number of hydrogen-bond donors (Lipinski definition) is 1. The van der Waals surface area contributed by atoms with Gasteiger partial charge in [-0.3, -0.25) is 14.5 Å². The maximum absolute atomic E-state index is 13.1. The van der Waals surface area contributed by atoms with E-state index in [4.69, 9.17) is 13.9 Å². The minimum atomic E-state index is -0.791. The highest BCUT2D eigenvalue weighted by atomic mass is 16.5. The molecule has 2 fully saturated rings. The van der Waals surface area contributed by atoms with Crippen LogP contribution < -0.4 is 4.74 Å². The Morgan fingerprint density at radius 3 is 2.62 bits per heavy atom. The van der Waals surface area contributed by atoms with E-state index in [1.807, 2.05) is 6.92 Å². The zero-order valence-electron chi connectivity index (χ0n) is 18.4. The number of furan rings is 1. The molecule has 0 spiro atoms. The predicted octanol–water partition coefficient (Wildman–Crippen LogP) is 2.74. The number of rotatable bonds is 7. The minimum Gasteiger partial charge on any atom is -0.507 e. The third-order valence-corrected chi connectivity index (χ3v) is 5.75. The molecule has 8 nitrogen and oxygen atoms in total. The number of aliphatic hydroxyl groups is 1. The highest BCUT2D eigenvalue weighted by molar-refractivity contribution is 6.46. The van der Waals surface area contributed by atoms with E-state index in [1.165, 1.54) is 4.90 Å². The van der Waals surface area contributed by atoms with Gasteiger partial charge in [0.1, 0.15) is 29.1 Å². The number of carbonyl (C=O) groups is 2. The Morgan fingerprint density at radius 2 is 1.94 bits per heavy atom. The Hall–Kier alpha value is -3.10. The standard InChI is InChI=1S/C24H28N2O6/c1-3-31-18-6-4-5-17(15-18)22(27)20-21(19-8-7-16(2)32-19)26(24(29)23(20)28)10-9-25-11-13-30-14-12-25/h4-8,15,21,27H,3,9-14H2,1-2H3/t21-/m0/s1. The van der Waals surface area contributed by atoms with Gasteiger partial charge in [-0.1, -0.05) is 12.1 Å². The molecule has 1 atom stereocenters. The summed E-state index contributed by atoms with van der Waals surface area (Å²) in [4.78, 5) is 29.8. The lowest BCUT2D eigenvalue weighted by molar-refractivity contribution is -0.140. The fourth-order valence-corrected chi connectivity index (χ4v) is 4.14. The molecular weight excluding hydrogens is 412 g/mol. The van der Waals surface area contributed by atoms with Gasteiger partial charge in [0.2, 0.25) is 0 Å². The Morgan fingerprint density at radius 1 is 1.16 bits per heavy atom. The Kier molecular flexibility index (Phi) is 6.62. The summed E-state index contributed by atoms with van der Waals surface area (Å²) in [6.07, 6.45) is 0. The number of amides is 1. The summed E-state index contributed by atoms with van der Waals surface area (Å²) in [6, 6.07) is 9.59. The van der Waals surface area contributed by atoms with Gasteiger partial charge in [0.25, 0.3) is 11.7 Å². The van der Waals surface area contributed by atoms with Gasteiger partial charge >= 0.3 is 0 Å². The molecule has 3 heterocycles. The Bertz CT molecular complexity index is 1020. The summed E-state index contributed by atoms with van der Waals surface area (Å²) >= 11 is 0. The number of Topliss-reactive ketones (excluding diaryl/α,β-unsaturated/α-hetero) is 1. The number of aliphatic hydroxyl groups excluding tert-OH is 1. The average molecular weight is 440 g/mol. The van der Waals surface area contributed by atoms with Crippen molar-refractivity contribution in [3.8, 4) is 5.75 Å². The van der Waals surface area contributed by atoms with Gasteiger partial charge in [-0.2, -0.15) is 0 Å². The highest BCUT2D eigenvalue weighted by Crippen LogP contribution is 2.40. The van der Waals surface area contributed by atoms with E-state index in [-0.39, 0.29) is 11.3 Å². The maximum atomic E-state index is 13.1. The van der Waals surface area contributed by atoms with Crippen molar-refractivity contribution < 1.29 is 28.6 Å². The SMILES string of the molecule is CCOc1cccc(C(O)=C2C(=O)C(=O)N(CCN3CCOCC3)[C@H]2c2ccc(C)o2)c1. The van der Waals surface area contributed by atoms with Gasteiger partial charge < -0.3 is 23.9 Å². The second-order valence-electron chi connectivity index (χ2n) is 7.86. The number of nitrogens with zero attached hydrogens (tertiary/aromatic N) is 2. The van der Waals surface area contributed by atoms with Gasteiger partial charge in [-0.25, -0.2) is 0 Å². The first-order valence-electron chi connectivity index (χ1n) is 10.9. The molecule has 32 heavy (non-hydrogen) atoms. The summed E-state index contributed by atoms with van der Waals surface area (Å²) < 4.78 is 16.7. The molecule has 0 unspecified atom stereocenters. The van der Waals surface area contributed by atoms with Gasteiger partial charge in [0.15, 0.2) is 0 Å². The summed E-state index contributed by atoms with van der Waals surface area (Å²) in [6.45, 7) is 7.93. The molecule has 1 aromatic carbocycles. The lowest BCUT2D eigenvalue weighted by Crippen LogP contribution is -2.42. The van der Waals surface area contributed by atoms with E-state index in [0.29, 0.717) is 55.7 Å². The van der Waals surface area contributed by atoms with Crippen LogP contribution in [-0.2, 0) is 14.3 Å². The van der Waals surface area contributed by atoms with Crippen LogP contribution in [-0.4, -0.2) is 72.6 Å². The van der Waals surface area contributed by atoms with Crippen molar-refractivity contribution in [3.63, 3.8) is 0 Å². The summed E-state index contributed by atoms with van der Waals surface area (Å²) in [7, 11) is 0. The Labute approximate surface area is 187 Å². The number of morpholine rings is 1. The maximum Gasteiger partial charge on any atom is 0.295 e. The summed E-state index contributed by atoms with van der Waals surface area (Å²) in [5.74, 6) is 0.0924. The first-order chi connectivity index (χ1) is 15.5. The van der Waals surface area contributed by atoms with Crippen LogP contribution in [0.3, 0.4) is 0 Å². The van der Waals surface area contributed by atoms with E-state index >= 15 is 0 Å². The topological polar surface area (TPSA) is 92.5 Å². The van der Waals surface area contributed by atoms with Crippen molar-refractivity contribution in [2.45, 2.75) is 19.9 Å². The molecule has 2 aliphatic rings. The number of benzene rings is 1. The number of hydrogen-bond acceptors (Lipinski definition) is 7. The molecule has 1 amide bonds. The monoisotopic (exact) mass is 440 g/mol. The predicted molar refractivity (Wildman–Crippen MR) is 117 cm³/mol. The van der Waals surface area contributed by atoms with Crippen LogP contribution in [0.5, 0.6) is 5.75 Å². The van der Waals surface area contributed by atoms with E-state index in [0.717, 1.165) is 13.1 Å². The van der Waals surface area contributed by atoms with Crippen molar-refractivity contribution in [2.75, 3.05) is 46.0 Å². The van der Waals surface area contributed by atoms with Crippen LogP contribution in [0.25, 0.3) is 5.76 Å². The molecule has 8 heteroatoms. The minimum absolute atomic E-state index is 0.0278. The van der Waals surface area contributed by atoms with E-state index in [9.17, 15) is 14.7 Å². The van der Waals surface area contributed by atoms with Gasteiger partial charge in [-0.15, -0.1) is 0 Å². The number of aryl methyl sites for hydroxylation is 1. The molecule has 0 bridgehead atoms. The van der Waals surface area contributed by atoms with Crippen LogP contribution in [0.4, 0.5) is 0 Å². The van der Waals surface area contributed by atoms with E-state index < -0.39 is 17.7 Å². The van der Waals surface area contributed by atoms with Crippen LogP contribution in [0, 0.1) is 6.92 Å². The Balaban J connectivity index is 1.71. The lowest BCUT2D eigenvalue weighted by atomic mass is 9.99. The number of ketones is 1. The number of carbonyl (C=O) groups excluding carboxylic acids is 2. The molecule has 0 saturated carbocycles. The van der Waals surface area contributed by atoms with Crippen LogP contribution in [0.15, 0.2) is 46.4 Å². The molecule has 2 saturated heterocycles. The van der Waals surface area contributed by atoms with Gasteiger partial charge in [0, 0.05) is 31.7 Å². The zero-order valence-corrected chi connectivity index (χ0v) is 18.4. The molecule has 2 aromatic rings. The van der Waals surface area contributed by atoms with Gasteiger partial charge in [-0.05, 0) is 38.1 Å². The van der Waals surface area contributed by atoms with Gasteiger partial charge in [0.05, 0.1) is 25.4 Å². The van der Waals surface area contributed by atoms with Crippen molar-refractivity contribution >= 4 is 17.4 Å². The van der Waals surface area contributed by atoms with E-state index in [2.05, 4.69) is 4.90 Å². The molecular formula is C24H28N2O6. The first-order valence-corrected chi connectivity index (χ1v) is 10.9. The lowest BCUT2D eigenvalue weighted by Gasteiger charge is -2.30. The summed E-state index contributed by atoms with van der Waals surface area (Å²) in [5, 5.41) is 11.1. The molecule has 0 aliphatic carbocycles. The smallest absolute Gasteiger partial charge is 0.295 e. The first kappa shape index (κ1) is 22.1. The fourth-order valence-electron chi connectivity index (χ4n) is 4.14. The normalized spacial score (nSPS) is 21.3. The highest BCUT2D eigenvalue weighted by Gasteiger charge is 2.47. The fraction of sp³-hybridized carbons (Fsp3) is 0.417. The van der Waals surface area contributed by atoms with Crippen LogP contribution in [0.2, 0.25) is 0 Å². The van der Waals surface area contributed by atoms with Crippen LogP contribution in [0.1, 0.15) is 30.0 Å². The second-order valence-corrected chi connectivity index (χ2v) is 7.86. The second kappa shape index (κ2) is 9.58. The molecule has 2 aliphatic heterocycles. The van der Waals surface area contributed by atoms with Crippen molar-refractivity contribution in [2.24, 2.45) is 0 Å². The molecule has 0 radical (unpaired) electrons. The number of ether oxygens (including phenoxy) is 2.